The zero-order valence-corrected chi connectivity index (χ0v) is 16.5. The smallest absolute Gasteiger partial charge is 0.247 e. The van der Waals surface area contributed by atoms with Gasteiger partial charge in [0.05, 0.1) is 18.5 Å². The number of thioether (sulfide) groups is 1. The van der Waals surface area contributed by atoms with Crippen molar-refractivity contribution in [1.29, 1.82) is 0 Å². The molecular weight excluding hydrogens is 395 g/mol. The highest BCUT2D eigenvalue weighted by atomic mass is 32.2. The largest absolute Gasteiger partial charge is 0.490 e. The van der Waals surface area contributed by atoms with Crippen molar-refractivity contribution < 1.29 is 23.5 Å². The van der Waals surface area contributed by atoms with E-state index in [0.717, 1.165) is 6.42 Å². The third kappa shape index (κ3) is 4.64. The minimum Gasteiger partial charge on any atom is -0.490 e. The topological polar surface area (TPSA) is 76.7 Å². The van der Waals surface area contributed by atoms with Crippen LogP contribution in [-0.2, 0) is 16.0 Å². The maximum atomic E-state index is 13.8. The minimum atomic E-state index is -0.652. The van der Waals surface area contributed by atoms with E-state index >= 15 is 0 Å². The lowest BCUT2D eigenvalue weighted by atomic mass is 10.1. The maximum absolute atomic E-state index is 13.8. The SMILES string of the molecule is O=C1N[C@@H](C(=O)Nc2ccc3c(c2)OCCCO3)CS[C@H]1Cc1ccccc1F. The number of hydrogen-bond acceptors (Lipinski definition) is 5. The maximum Gasteiger partial charge on any atom is 0.247 e. The van der Waals surface area contributed by atoms with Crippen molar-refractivity contribution in [3.63, 3.8) is 0 Å². The Bertz CT molecular complexity index is 923. The summed E-state index contributed by atoms with van der Waals surface area (Å²) in [7, 11) is 0. The summed E-state index contributed by atoms with van der Waals surface area (Å²) in [6.07, 6.45) is 1.09. The number of nitrogens with one attached hydrogen (secondary N) is 2. The molecule has 2 aliphatic rings. The van der Waals surface area contributed by atoms with Crippen LogP contribution in [0.4, 0.5) is 10.1 Å². The van der Waals surface area contributed by atoms with Crippen LogP contribution >= 0.6 is 11.8 Å². The van der Waals surface area contributed by atoms with Gasteiger partial charge >= 0.3 is 0 Å². The van der Waals surface area contributed by atoms with Gasteiger partial charge in [-0.05, 0) is 30.2 Å². The van der Waals surface area contributed by atoms with Gasteiger partial charge in [0.2, 0.25) is 11.8 Å². The van der Waals surface area contributed by atoms with Crippen LogP contribution in [0.3, 0.4) is 0 Å². The first-order chi connectivity index (χ1) is 14.1. The Morgan fingerprint density at radius 3 is 2.76 bits per heavy atom. The van der Waals surface area contributed by atoms with Crippen LogP contribution in [0, 0.1) is 5.82 Å². The Morgan fingerprint density at radius 1 is 1.17 bits per heavy atom. The van der Waals surface area contributed by atoms with Gasteiger partial charge in [0.25, 0.3) is 0 Å². The Hall–Kier alpha value is -2.74. The van der Waals surface area contributed by atoms with E-state index in [0.29, 0.717) is 48.1 Å². The zero-order valence-electron chi connectivity index (χ0n) is 15.7. The van der Waals surface area contributed by atoms with E-state index in [-0.39, 0.29) is 17.6 Å². The lowest BCUT2D eigenvalue weighted by Gasteiger charge is -2.28. The molecule has 2 aliphatic heterocycles. The number of fused-ring (bicyclic) bond motifs is 1. The average molecular weight is 416 g/mol. The van der Waals surface area contributed by atoms with Gasteiger partial charge in [-0.2, -0.15) is 0 Å². The summed E-state index contributed by atoms with van der Waals surface area (Å²) in [6, 6.07) is 11.0. The molecule has 2 N–H and O–H groups in total. The van der Waals surface area contributed by atoms with Crippen molar-refractivity contribution in [3.05, 3.63) is 53.8 Å². The lowest BCUT2D eigenvalue weighted by molar-refractivity contribution is -0.126. The van der Waals surface area contributed by atoms with Crippen LogP contribution in [0.5, 0.6) is 11.5 Å². The van der Waals surface area contributed by atoms with Crippen LogP contribution in [-0.4, -0.2) is 42.1 Å². The molecule has 1 saturated heterocycles. The molecule has 0 saturated carbocycles. The van der Waals surface area contributed by atoms with Crippen molar-refractivity contribution >= 4 is 29.3 Å². The number of carbonyl (C=O) groups is 2. The molecule has 0 radical (unpaired) electrons. The van der Waals surface area contributed by atoms with Crippen LogP contribution in [0.15, 0.2) is 42.5 Å². The van der Waals surface area contributed by atoms with Crippen molar-refractivity contribution in [2.75, 3.05) is 24.3 Å². The third-order valence-electron chi connectivity index (χ3n) is 4.77. The number of rotatable bonds is 4. The molecule has 0 unspecified atom stereocenters. The molecule has 0 bridgehead atoms. The fraction of sp³-hybridized carbons (Fsp3) is 0.333. The molecule has 0 aliphatic carbocycles. The highest BCUT2D eigenvalue weighted by Crippen LogP contribution is 2.32. The number of ether oxygens (including phenoxy) is 2. The van der Waals surface area contributed by atoms with Gasteiger partial charge in [-0.1, -0.05) is 18.2 Å². The number of halogens is 1. The fourth-order valence-electron chi connectivity index (χ4n) is 3.22. The quantitative estimate of drug-likeness (QED) is 0.802. The van der Waals surface area contributed by atoms with Crippen molar-refractivity contribution in [2.45, 2.75) is 24.1 Å². The van der Waals surface area contributed by atoms with E-state index in [2.05, 4.69) is 10.6 Å². The first-order valence-corrected chi connectivity index (χ1v) is 10.5. The van der Waals surface area contributed by atoms with Crippen molar-refractivity contribution in [2.24, 2.45) is 0 Å². The lowest BCUT2D eigenvalue weighted by Crippen LogP contribution is -2.52. The van der Waals surface area contributed by atoms with Crippen LogP contribution in [0.25, 0.3) is 0 Å². The molecule has 2 aromatic rings. The summed E-state index contributed by atoms with van der Waals surface area (Å²) < 4.78 is 25.1. The van der Waals surface area contributed by atoms with Gasteiger partial charge < -0.3 is 20.1 Å². The van der Waals surface area contributed by atoms with Crippen LogP contribution in [0.2, 0.25) is 0 Å². The monoisotopic (exact) mass is 416 g/mol. The molecular formula is C21H21FN2O4S. The Labute approximate surface area is 172 Å². The Morgan fingerprint density at radius 2 is 1.97 bits per heavy atom. The van der Waals surface area contributed by atoms with Gasteiger partial charge in [-0.3, -0.25) is 9.59 Å². The fourth-order valence-corrected chi connectivity index (χ4v) is 4.40. The van der Waals surface area contributed by atoms with Crippen LogP contribution < -0.4 is 20.1 Å². The van der Waals surface area contributed by atoms with Crippen LogP contribution in [0.1, 0.15) is 12.0 Å². The first kappa shape index (κ1) is 19.6. The standard InChI is InChI=1S/C21H21FN2O4S/c22-15-5-2-1-4-13(15)10-19-21(26)24-16(12-29-19)20(25)23-14-6-7-17-18(11-14)28-9-3-8-27-17/h1-2,4-7,11,16,19H,3,8-10,12H2,(H,23,25)(H,24,26)/t16-,19+/m1/s1. The number of hydrogen-bond donors (Lipinski definition) is 2. The van der Waals surface area contributed by atoms with E-state index in [9.17, 15) is 14.0 Å². The van der Waals surface area contributed by atoms with Gasteiger partial charge in [0, 0.05) is 23.9 Å². The van der Waals surface area contributed by atoms with E-state index in [1.54, 1.807) is 36.4 Å². The molecule has 2 atom stereocenters. The molecule has 6 nitrogen and oxygen atoms in total. The minimum absolute atomic E-state index is 0.261. The van der Waals surface area contributed by atoms with Crippen molar-refractivity contribution in [1.82, 2.24) is 5.32 Å². The summed E-state index contributed by atoms with van der Waals surface area (Å²) in [4.78, 5) is 25.0. The summed E-state index contributed by atoms with van der Waals surface area (Å²) >= 11 is 1.36. The van der Waals surface area contributed by atoms with Gasteiger partial charge in [-0.25, -0.2) is 4.39 Å². The molecule has 0 spiro atoms. The molecule has 2 amide bonds. The Kier molecular flexibility index (Phi) is 5.89. The zero-order chi connectivity index (χ0) is 20.2. The highest BCUT2D eigenvalue weighted by molar-refractivity contribution is 8.00. The number of benzene rings is 2. The number of amides is 2. The summed E-state index contributed by atoms with van der Waals surface area (Å²) in [6.45, 7) is 1.15. The van der Waals surface area contributed by atoms with Crippen molar-refractivity contribution in [3.8, 4) is 11.5 Å². The molecule has 4 rings (SSSR count). The summed E-state index contributed by atoms with van der Waals surface area (Å²) in [5.74, 6) is 0.773. The first-order valence-electron chi connectivity index (χ1n) is 9.46. The number of carbonyl (C=O) groups excluding carboxylic acids is 2. The number of anilines is 1. The normalized spacial score (nSPS) is 21.1. The molecule has 0 aromatic heterocycles. The Balaban J connectivity index is 1.35. The van der Waals surface area contributed by atoms with E-state index in [1.807, 2.05) is 0 Å². The molecule has 1 fully saturated rings. The predicted molar refractivity (Wildman–Crippen MR) is 109 cm³/mol. The average Bonchev–Trinajstić information content (AvgIpc) is 2.96. The molecule has 29 heavy (non-hydrogen) atoms. The third-order valence-corrected chi connectivity index (χ3v) is 6.08. The second kappa shape index (κ2) is 8.73. The highest BCUT2D eigenvalue weighted by Gasteiger charge is 2.33. The van der Waals surface area contributed by atoms with Gasteiger partial charge in [0.1, 0.15) is 11.9 Å². The predicted octanol–water partition coefficient (Wildman–Crippen LogP) is 2.77. The van der Waals surface area contributed by atoms with E-state index < -0.39 is 11.3 Å². The molecule has 2 heterocycles. The summed E-state index contributed by atoms with van der Waals surface area (Å²) in [5.41, 5.74) is 1.07. The molecule has 152 valence electrons. The van der Waals surface area contributed by atoms with Gasteiger partial charge in [-0.15, -0.1) is 11.8 Å². The second-order valence-electron chi connectivity index (χ2n) is 6.88. The van der Waals surface area contributed by atoms with E-state index in [1.165, 1.54) is 17.8 Å². The van der Waals surface area contributed by atoms with E-state index in [4.69, 9.17) is 9.47 Å². The summed E-state index contributed by atoms with van der Waals surface area (Å²) in [5, 5.41) is 5.14. The molecule has 8 heteroatoms. The van der Waals surface area contributed by atoms with Gasteiger partial charge in [0.15, 0.2) is 11.5 Å². The molecule has 2 aromatic carbocycles. The second-order valence-corrected chi connectivity index (χ2v) is 8.12.